The average Bonchev–Trinajstić information content (AvgIpc) is 2.84. The molecular weight excluding hydrogens is 374 g/mol. The van der Waals surface area contributed by atoms with Gasteiger partial charge in [-0.3, -0.25) is 0 Å². The van der Waals surface area contributed by atoms with Gasteiger partial charge >= 0.3 is 0 Å². The number of rotatable bonds is 7. The third kappa shape index (κ3) is 5.08. The lowest BCUT2D eigenvalue weighted by Gasteiger charge is -2.17. The van der Waals surface area contributed by atoms with E-state index in [9.17, 15) is 0 Å². The van der Waals surface area contributed by atoms with E-state index in [1.54, 1.807) is 0 Å². The summed E-state index contributed by atoms with van der Waals surface area (Å²) in [6.07, 6.45) is 1.06. The fourth-order valence-electron chi connectivity index (χ4n) is 1.90. The summed E-state index contributed by atoms with van der Waals surface area (Å²) in [4.78, 5) is 2.68. The Morgan fingerprint density at radius 1 is 1.30 bits per heavy atom. The predicted molar refractivity (Wildman–Crippen MR) is 95.4 cm³/mol. The lowest BCUT2D eigenvalue weighted by molar-refractivity contribution is 0.575. The molecule has 1 heterocycles. The van der Waals surface area contributed by atoms with E-state index in [1.807, 2.05) is 35.2 Å². The van der Waals surface area contributed by atoms with Gasteiger partial charge in [-0.2, -0.15) is 0 Å². The van der Waals surface area contributed by atoms with Crippen LogP contribution in [-0.2, 0) is 6.42 Å². The van der Waals surface area contributed by atoms with E-state index in [-0.39, 0.29) is 0 Å². The molecule has 0 spiro atoms. The van der Waals surface area contributed by atoms with E-state index in [2.05, 4.69) is 51.7 Å². The van der Waals surface area contributed by atoms with E-state index in [4.69, 9.17) is 11.6 Å². The summed E-state index contributed by atoms with van der Waals surface area (Å²) in [5.41, 5.74) is 0. The second-order valence-electron chi connectivity index (χ2n) is 4.42. The number of halogens is 2. The van der Waals surface area contributed by atoms with Crippen LogP contribution >= 0.6 is 50.6 Å². The smallest absolute Gasteiger partial charge is 0.0406 e. The first-order valence-corrected chi connectivity index (χ1v) is 9.56. The molecule has 108 valence electrons. The van der Waals surface area contributed by atoms with Crippen LogP contribution in [0.25, 0.3) is 0 Å². The van der Waals surface area contributed by atoms with Gasteiger partial charge in [-0.15, -0.1) is 23.1 Å². The van der Waals surface area contributed by atoms with Crippen LogP contribution in [-0.4, -0.2) is 18.3 Å². The summed E-state index contributed by atoms with van der Waals surface area (Å²) in [6.45, 7) is 3.15. The number of hydrogen-bond donors (Lipinski definition) is 1. The number of benzene rings is 1. The first kappa shape index (κ1) is 16.4. The van der Waals surface area contributed by atoms with Gasteiger partial charge in [0.15, 0.2) is 0 Å². The molecule has 0 radical (unpaired) electrons. The minimum atomic E-state index is 0.482. The largest absolute Gasteiger partial charge is 0.313 e. The zero-order chi connectivity index (χ0) is 14.4. The number of thiophene rings is 1. The minimum absolute atomic E-state index is 0.482. The average molecular weight is 391 g/mol. The van der Waals surface area contributed by atoms with Gasteiger partial charge in [0, 0.05) is 31.1 Å². The Morgan fingerprint density at radius 3 is 2.65 bits per heavy atom. The molecule has 2 aromatic rings. The standard InChI is InChI=1S/C15H17BrClNS2/c1-2-18-12(9-15-14(16)7-8-19-15)10-20-13-5-3-11(17)4-6-13/h3-8,12,18H,2,9-10H2,1H3. The molecule has 1 atom stereocenters. The van der Waals surface area contributed by atoms with Crippen molar-refractivity contribution in [3.05, 3.63) is 50.1 Å². The molecule has 0 aliphatic heterocycles. The molecule has 0 saturated carbocycles. The molecule has 1 aromatic carbocycles. The van der Waals surface area contributed by atoms with Crippen molar-refractivity contribution in [1.29, 1.82) is 0 Å². The number of likely N-dealkylation sites (N-methyl/N-ethyl adjacent to an activating group) is 1. The van der Waals surface area contributed by atoms with Crippen LogP contribution in [0.2, 0.25) is 5.02 Å². The van der Waals surface area contributed by atoms with Crippen LogP contribution in [0.3, 0.4) is 0 Å². The van der Waals surface area contributed by atoms with Crippen molar-refractivity contribution in [3.8, 4) is 0 Å². The number of hydrogen-bond acceptors (Lipinski definition) is 3. The molecule has 1 N–H and O–H groups in total. The Hall–Kier alpha value is -0.000000000000000111. The normalized spacial score (nSPS) is 12.6. The van der Waals surface area contributed by atoms with Crippen molar-refractivity contribution in [2.45, 2.75) is 24.3 Å². The van der Waals surface area contributed by atoms with Gasteiger partial charge in [-0.1, -0.05) is 18.5 Å². The highest BCUT2D eigenvalue weighted by atomic mass is 79.9. The van der Waals surface area contributed by atoms with Crippen LogP contribution in [0.5, 0.6) is 0 Å². The molecule has 0 aliphatic rings. The monoisotopic (exact) mass is 389 g/mol. The van der Waals surface area contributed by atoms with Gasteiger partial charge in [-0.25, -0.2) is 0 Å². The third-order valence-electron chi connectivity index (χ3n) is 2.88. The first-order chi connectivity index (χ1) is 9.69. The van der Waals surface area contributed by atoms with Crippen LogP contribution in [0.1, 0.15) is 11.8 Å². The fourth-order valence-corrected chi connectivity index (χ4v) is 4.58. The van der Waals surface area contributed by atoms with Crippen molar-refractivity contribution in [2.24, 2.45) is 0 Å². The third-order valence-corrected chi connectivity index (χ3v) is 6.26. The number of nitrogens with one attached hydrogen (secondary N) is 1. The van der Waals surface area contributed by atoms with Gasteiger partial charge in [0.2, 0.25) is 0 Å². The summed E-state index contributed by atoms with van der Waals surface area (Å²) in [7, 11) is 0. The Kier molecular flexibility index (Phi) is 6.91. The number of thioether (sulfide) groups is 1. The fraction of sp³-hybridized carbons (Fsp3) is 0.333. The molecule has 2 rings (SSSR count). The molecule has 1 nitrogen and oxygen atoms in total. The molecule has 0 amide bonds. The molecule has 5 heteroatoms. The quantitative estimate of drug-likeness (QED) is 0.628. The maximum Gasteiger partial charge on any atom is 0.0406 e. The molecule has 0 bridgehead atoms. The van der Waals surface area contributed by atoms with E-state index in [0.29, 0.717) is 6.04 Å². The summed E-state index contributed by atoms with van der Waals surface area (Å²) in [6, 6.07) is 10.7. The van der Waals surface area contributed by atoms with Crippen LogP contribution in [0.15, 0.2) is 45.1 Å². The van der Waals surface area contributed by atoms with E-state index in [1.165, 1.54) is 14.2 Å². The molecule has 1 aromatic heterocycles. The van der Waals surface area contributed by atoms with Gasteiger partial charge in [0.1, 0.15) is 0 Å². The maximum atomic E-state index is 5.91. The molecule has 1 unspecified atom stereocenters. The van der Waals surface area contributed by atoms with E-state index < -0.39 is 0 Å². The molecule has 0 fully saturated rings. The van der Waals surface area contributed by atoms with Crippen molar-refractivity contribution < 1.29 is 0 Å². The van der Waals surface area contributed by atoms with Crippen molar-refractivity contribution >= 4 is 50.6 Å². The van der Waals surface area contributed by atoms with Gasteiger partial charge in [0.25, 0.3) is 0 Å². The van der Waals surface area contributed by atoms with Crippen molar-refractivity contribution in [3.63, 3.8) is 0 Å². The summed E-state index contributed by atoms with van der Waals surface area (Å²) >= 11 is 13.2. The predicted octanol–water partition coefficient (Wildman–Crippen LogP) is 5.48. The molecule has 0 aliphatic carbocycles. The van der Waals surface area contributed by atoms with E-state index in [0.717, 1.165) is 23.7 Å². The van der Waals surface area contributed by atoms with Gasteiger partial charge in [0.05, 0.1) is 0 Å². The van der Waals surface area contributed by atoms with Crippen LogP contribution in [0, 0.1) is 0 Å². The highest BCUT2D eigenvalue weighted by Gasteiger charge is 2.12. The Bertz CT molecular complexity index is 527. The maximum absolute atomic E-state index is 5.91. The van der Waals surface area contributed by atoms with Crippen LogP contribution < -0.4 is 5.32 Å². The van der Waals surface area contributed by atoms with Crippen molar-refractivity contribution in [2.75, 3.05) is 12.3 Å². The molecular formula is C15H17BrClNS2. The summed E-state index contributed by atoms with van der Waals surface area (Å²) in [5, 5.41) is 6.49. The highest BCUT2D eigenvalue weighted by Crippen LogP contribution is 2.26. The lowest BCUT2D eigenvalue weighted by Crippen LogP contribution is -2.33. The van der Waals surface area contributed by atoms with Gasteiger partial charge in [-0.05, 0) is 64.6 Å². The summed E-state index contributed by atoms with van der Waals surface area (Å²) < 4.78 is 1.22. The zero-order valence-electron chi connectivity index (χ0n) is 11.2. The minimum Gasteiger partial charge on any atom is -0.313 e. The summed E-state index contributed by atoms with van der Waals surface area (Å²) in [5.74, 6) is 1.06. The van der Waals surface area contributed by atoms with Gasteiger partial charge < -0.3 is 5.32 Å². The Balaban J connectivity index is 1.92. The zero-order valence-corrected chi connectivity index (χ0v) is 15.2. The first-order valence-electron chi connectivity index (χ1n) is 6.52. The topological polar surface area (TPSA) is 12.0 Å². The van der Waals surface area contributed by atoms with Crippen molar-refractivity contribution in [1.82, 2.24) is 5.32 Å². The second kappa shape index (κ2) is 8.44. The SMILES string of the molecule is CCNC(CSc1ccc(Cl)cc1)Cc1sccc1Br. The molecule has 0 saturated heterocycles. The lowest BCUT2D eigenvalue weighted by atomic mass is 10.2. The van der Waals surface area contributed by atoms with E-state index >= 15 is 0 Å². The van der Waals surface area contributed by atoms with Crippen LogP contribution in [0.4, 0.5) is 0 Å². The Morgan fingerprint density at radius 2 is 2.05 bits per heavy atom. The highest BCUT2D eigenvalue weighted by molar-refractivity contribution is 9.10. The Labute approximate surface area is 142 Å². The second-order valence-corrected chi connectivity index (χ2v) is 7.80. The molecule has 20 heavy (non-hydrogen) atoms.